The van der Waals surface area contributed by atoms with E-state index >= 15 is 0 Å². The molecule has 0 N–H and O–H groups in total. The van der Waals surface area contributed by atoms with E-state index in [4.69, 9.17) is 0 Å². The zero-order valence-corrected chi connectivity index (χ0v) is 10.7. The number of carbonyl (C=O) groups excluding carboxylic acids is 1. The summed E-state index contributed by atoms with van der Waals surface area (Å²) in [4.78, 5) is 15.6. The Hall–Kier alpha value is -1.64. The largest absolute Gasteiger partial charge is 0.307 e. The Bertz CT molecular complexity index is 565. The molecule has 0 saturated heterocycles. The average molecular weight is 242 g/mol. The van der Waals surface area contributed by atoms with Crippen molar-refractivity contribution in [2.75, 3.05) is 0 Å². The van der Waals surface area contributed by atoms with Gasteiger partial charge in [-0.3, -0.25) is 4.79 Å². The van der Waals surface area contributed by atoms with Crippen LogP contribution in [-0.4, -0.2) is 15.2 Å². The summed E-state index contributed by atoms with van der Waals surface area (Å²) in [7, 11) is 0. The van der Waals surface area contributed by atoms with Crippen LogP contribution in [0.1, 0.15) is 44.1 Å². The summed E-state index contributed by atoms with van der Waals surface area (Å²) < 4.78 is 2.08. The number of hydrogen-bond donors (Lipinski definition) is 0. The van der Waals surface area contributed by atoms with Crippen molar-refractivity contribution in [2.45, 2.75) is 38.5 Å². The van der Waals surface area contributed by atoms with Gasteiger partial charge in [-0.25, -0.2) is 4.98 Å². The van der Waals surface area contributed by atoms with Crippen LogP contribution < -0.4 is 0 Å². The molecular weight excluding hydrogens is 224 g/mol. The monoisotopic (exact) mass is 242 g/mol. The molecule has 1 aliphatic rings. The van der Waals surface area contributed by atoms with E-state index in [0.29, 0.717) is 17.6 Å². The van der Waals surface area contributed by atoms with Crippen LogP contribution in [0.5, 0.6) is 0 Å². The second-order valence-electron chi connectivity index (χ2n) is 5.31. The van der Waals surface area contributed by atoms with Crippen molar-refractivity contribution in [3.8, 4) is 0 Å². The molecule has 0 spiro atoms. The predicted molar refractivity (Wildman–Crippen MR) is 70.6 cm³/mol. The smallest absolute Gasteiger partial charge is 0.136 e. The predicted octanol–water partition coefficient (Wildman–Crippen LogP) is 3.20. The number of hydrogen-bond acceptors (Lipinski definition) is 2. The molecular formula is C15H18N2O. The Morgan fingerprint density at radius 2 is 2.06 bits per heavy atom. The Morgan fingerprint density at radius 1 is 1.28 bits per heavy atom. The maximum Gasteiger partial charge on any atom is 0.136 e. The minimum absolute atomic E-state index is 0.304. The molecule has 0 unspecified atom stereocenters. The summed E-state index contributed by atoms with van der Waals surface area (Å²) in [5.74, 6) is 1.27. The molecule has 1 fully saturated rings. The summed E-state index contributed by atoms with van der Waals surface area (Å²) in [6, 6.07) is 4.26. The van der Waals surface area contributed by atoms with Crippen LogP contribution in [0.4, 0.5) is 0 Å². The van der Waals surface area contributed by atoms with Crippen LogP contribution in [0.3, 0.4) is 0 Å². The second kappa shape index (κ2) is 4.56. The highest BCUT2D eigenvalue weighted by Crippen LogP contribution is 2.36. The van der Waals surface area contributed by atoms with E-state index in [-0.39, 0.29) is 0 Å². The first-order chi connectivity index (χ1) is 8.74. The standard InChI is InChI=1S/C15H18N2O/c1-11(18)12-2-4-13(5-3-12)14-6-7-15-16-8-9-17(15)10-14/h6-10,12-13H,2-5H2,1H3. The minimum Gasteiger partial charge on any atom is -0.307 e. The number of imidazole rings is 1. The highest BCUT2D eigenvalue weighted by Gasteiger charge is 2.24. The van der Waals surface area contributed by atoms with Gasteiger partial charge in [-0.15, -0.1) is 0 Å². The molecule has 3 nitrogen and oxygen atoms in total. The van der Waals surface area contributed by atoms with Gasteiger partial charge in [-0.2, -0.15) is 0 Å². The minimum atomic E-state index is 0.304. The lowest BCUT2D eigenvalue weighted by Crippen LogP contribution is -2.19. The first-order valence-corrected chi connectivity index (χ1v) is 6.67. The molecule has 0 aromatic carbocycles. The van der Waals surface area contributed by atoms with Crippen LogP contribution in [-0.2, 0) is 4.79 Å². The van der Waals surface area contributed by atoms with Crippen LogP contribution in [0.25, 0.3) is 5.65 Å². The molecule has 0 radical (unpaired) electrons. The Morgan fingerprint density at radius 3 is 2.78 bits per heavy atom. The van der Waals surface area contributed by atoms with Crippen LogP contribution in [0.15, 0.2) is 30.7 Å². The summed E-state index contributed by atoms with van der Waals surface area (Å²) >= 11 is 0. The van der Waals surface area contributed by atoms with Crippen molar-refractivity contribution in [3.05, 3.63) is 36.3 Å². The first-order valence-electron chi connectivity index (χ1n) is 6.67. The molecule has 0 amide bonds. The summed E-state index contributed by atoms with van der Waals surface area (Å²) in [5, 5.41) is 0. The van der Waals surface area contributed by atoms with Crippen LogP contribution in [0.2, 0.25) is 0 Å². The van der Waals surface area contributed by atoms with Crippen molar-refractivity contribution < 1.29 is 4.79 Å². The third kappa shape index (κ3) is 2.05. The highest BCUT2D eigenvalue weighted by atomic mass is 16.1. The summed E-state index contributed by atoms with van der Waals surface area (Å²) in [6.07, 6.45) is 10.3. The highest BCUT2D eigenvalue weighted by molar-refractivity contribution is 5.78. The molecule has 0 bridgehead atoms. The van der Waals surface area contributed by atoms with Gasteiger partial charge in [0.15, 0.2) is 0 Å². The molecule has 1 saturated carbocycles. The lowest BCUT2D eigenvalue weighted by Gasteiger charge is -2.27. The summed E-state index contributed by atoms with van der Waals surface area (Å²) in [5.41, 5.74) is 2.37. The van der Waals surface area contributed by atoms with Crippen molar-refractivity contribution in [2.24, 2.45) is 5.92 Å². The fraction of sp³-hybridized carbons (Fsp3) is 0.467. The Labute approximate surface area is 107 Å². The van der Waals surface area contributed by atoms with Gasteiger partial charge in [-0.1, -0.05) is 6.07 Å². The third-order valence-electron chi connectivity index (χ3n) is 4.19. The number of fused-ring (bicyclic) bond motifs is 1. The van der Waals surface area contributed by atoms with Crippen LogP contribution >= 0.6 is 0 Å². The van der Waals surface area contributed by atoms with Gasteiger partial charge < -0.3 is 4.40 Å². The average Bonchev–Trinajstić information content (AvgIpc) is 2.86. The maximum atomic E-state index is 11.4. The third-order valence-corrected chi connectivity index (χ3v) is 4.19. The van der Waals surface area contributed by atoms with Gasteiger partial charge in [0.2, 0.25) is 0 Å². The fourth-order valence-corrected chi connectivity index (χ4v) is 3.01. The molecule has 18 heavy (non-hydrogen) atoms. The van der Waals surface area contributed by atoms with Crippen molar-refractivity contribution in [1.29, 1.82) is 0 Å². The lowest BCUT2D eigenvalue weighted by atomic mass is 9.78. The van der Waals surface area contributed by atoms with E-state index in [2.05, 4.69) is 27.7 Å². The molecule has 0 atom stereocenters. The van der Waals surface area contributed by atoms with E-state index in [1.54, 1.807) is 6.92 Å². The Balaban J connectivity index is 1.77. The van der Waals surface area contributed by atoms with E-state index in [9.17, 15) is 4.79 Å². The van der Waals surface area contributed by atoms with Gasteiger partial charge in [0.25, 0.3) is 0 Å². The molecule has 3 rings (SSSR count). The normalized spacial score (nSPS) is 24.3. The number of carbonyl (C=O) groups is 1. The number of ketones is 1. The summed E-state index contributed by atoms with van der Waals surface area (Å²) in [6.45, 7) is 1.72. The number of aromatic nitrogens is 2. The van der Waals surface area contributed by atoms with Gasteiger partial charge in [0.05, 0.1) is 0 Å². The molecule has 94 valence electrons. The molecule has 2 aromatic heterocycles. The molecule has 1 aliphatic carbocycles. The number of rotatable bonds is 2. The topological polar surface area (TPSA) is 34.4 Å². The second-order valence-corrected chi connectivity index (χ2v) is 5.31. The molecule has 2 aromatic rings. The Kier molecular flexibility index (Phi) is 2.90. The number of nitrogens with zero attached hydrogens (tertiary/aromatic N) is 2. The number of Topliss-reactive ketones (excluding diaryl/α,β-unsaturated/α-hetero) is 1. The molecule has 0 aliphatic heterocycles. The number of pyridine rings is 1. The lowest BCUT2D eigenvalue weighted by molar-refractivity contribution is -0.121. The van der Waals surface area contributed by atoms with Crippen molar-refractivity contribution in [1.82, 2.24) is 9.38 Å². The van der Waals surface area contributed by atoms with E-state index in [0.717, 1.165) is 31.3 Å². The van der Waals surface area contributed by atoms with Crippen molar-refractivity contribution >= 4 is 11.4 Å². The van der Waals surface area contributed by atoms with Crippen LogP contribution in [0, 0.1) is 5.92 Å². The SMILES string of the molecule is CC(=O)C1CCC(c2ccc3nccn3c2)CC1. The zero-order valence-electron chi connectivity index (χ0n) is 10.7. The van der Waals surface area contributed by atoms with Gasteiger partial charge in [0.1, 0.15) is 11.4 Å². The molecule has 3 heteroatoms. The van der Waals surface area contributed by atoms with E-state index < -0.39 is 0 Å². The fourth-order valence-electron chi connectivity index (χ4n) is 3.01. The zero-order chi connectivity index (χ0) is 12.5. The first kappa shape index (κ1) is 11.5. The quantitative estimate of drug-likeness (QED) is 0.810. The van der Waals surface area contributed by atoms with Gasteiger partial charge >= 0.3 is 0 Å². The maximum absolute atomic E-state index is 11.4. The molecule has 2 heterocycles. The van der Waals surface area contributed by atoms with Crippen molar-refractivity contribution in [3.63, 3.8) is 0 Å². The van der Waals surface area contributed by atoms with Gasteiger partial charge in [-0.05, 0) is 50.2 Å². The van der Waals surface area contributed by atoms with E-state index in [1.165, 1.54) is 5.56 Å². The van der Waals surface area contributed by atoms with Gasteiger partial charge in [0, 0.05) is 24.5 Å². The van der Waals surface area contributed by atoms with E-state index in [1.807, 2.05) is 12.4 Å².